The molecule has 20 heavy (non-hydrogen) atoms. The number of benzene rings is 1. The summed E-state index contributed by atoms with van der Waals surface area (Å²) in [5, 5.41) is 0. The molecule has 0 aromatic heterocycles. The van der Waals surface area contributed by atoms with Gasteiger partial charge in [0.1, 0.15) is 11.8 Å². The van der Waals surface area contributed by atoms with E-state index in [9.17, 15) is 4.79 Å². The van der Waals surface area contributed by atoms with Crippen LogP contribution in [0, 0.1) is 5.92 Å². The van der Waals surface area contributed by atoms with E-state index in [1.54, 1.807) is 0 Å². The third-order valence-corrected chi connectivity index (χ3v) is 3.39. The van der Waals surface area contributed by atoms with Gasteiger partial charge in [0.2, 0.25) is 0 Å². The molecule has 1 aromatic carbocycles. The van der Waals surface area contributed by atoms with Crippen LogP contribution >= 0.6 is 0 Å². The number of esters is 1. The minimum absolute atomic E-state index is 0.397. The highest BCUT2D eigenvalue weighted by Crippen LogP contribution is 2.17. The molecule has 0 spiro atoms. The van der Waals surface area contributed by atoms with Crippen molar-refractivity contribution in [1.29, 1.82) is 0 Å². The normalized spacial score (nSPS) is 19.6. The summed E-state index contributed by atoms with van der Waals surface area (Å²) in [4.78, 5) is 11.2. The topological polar surface area (TPSA) is 70.8 Å². The van der Waals surface area contributed by atoms with E-state index < -0.39 is 12.0 Å². The second-order valence-electron chi connectivity index (χ2n) is 5.02. The third kappa shape index (κ3) is 4.21. The maximum absolute atomic E-state index is 11.2. The van der Waals surface area contributed by atoms with Gasteiger partial charge in [0.15, 0.2) is 0 Å². The second kappa shape index (κ2) is 7.26. The number of ether oxygens (including phenoxy) is 3. The molecule has 0 bridgehead atoms. The van der Waals surface area contributed by atoms with Crippen LogP contribution in [0.15, 0.2) is 24.3 Å². The third-order valence-electron chi connectivity index (χ3n) is 3.39. The maximum atomic E-state index is 11.2. The van der Waals surface area contributed by atoms with Crippen molar-refractivity contribution in [2.45, 2.75) is 18.9 Å². The first-order chi connectivity index (χ1) is 9.69. The van der Waals surface area contributed by atoms with Gasteiger partial charge in [-0.2, -0.15) is 0 Å². The predicted molar refractivity (Wildman–Crippen MR) is 74.6 cm³/mol. The summed E-state index contributed by atoms with van der Waals surface area (Å²) in [7, 11) is 1.34. The van der Waals surface area contributed by atoms with Crippen LogP contribution in [0.5, 0.6) is 5.75 Å². The van der Waals surface area contributed by atoms with Crippen LogP contribution in [0.4, 0.5) is 0 Å². The molecule has 5 nitrogen and oxygen atoms in total. The van der Waals surface area contributed by atoms with Crippen LogP contribution in [0.25, 0.3) is 0 Å². The van der Waals surface area contributed by atoms with E-state index in [0.29, 0.717) is 18.9 Å². The van der Waals surface area contributed by atoms with Crippen molar-refractivity contribution in [3.63, 3.8) is 0 Å². The van der Waals surface area contributed by atoms with Gasteiger partial charge in [0.05, 0.1) is 20.3 Å². The van der Waals surface area contributed by atoms with Gasteiger partial charge in [-0.25, -0.2) is 0 Å². The molecule has 2 atom stereocenters. The standard InChI is InChI=1S/C15H21NO4/c1-18-15(17)14(16)8-11-2-4-13(5-3-11)20-10-12-6-7-19-9-12/h2-5,12,14H,6-10,16H2,1H3. The minimum atomic E-state index is -0.623. The van der Waals surface area contributed by atoms with E-state index in [4.69, 9.17) is 15.2 Å². The van der Waals surface area contributed by atoms with E-state index in [2.05, 4.69) is 4.74 Å². The Balaban J connectivity index is 1.81. The van der Waals surface area contributed by atoms with E-state index in [-0.39, 0.29) is 0 Å². The molecule has 5 heteroatoms. The first-order valence-electron chi connectivity index (χ1n) is 6.82. The molecule has 1 saturated heterocycles. The van der Waals surface area contributed by atoms with E-state index in [1.165, 1.54) is 7.11 Å². The summed E-state index contributed by atoms with van der Waals surface area (Å²) in [5.41, 5.74) is 6.71. The fourth-order valence-electron chi connectivity index (χ4n) is 2.14. The van der Waals surface area contributed by atoms with Crippen molar-refractivity contribution in [3.8, 4) is 5.75 Å². The molecule has 2 N–H and O–H groups in total. The number of hydrogen-bond acceptors (Lipinski definition) is 5. The number of carbonyl (C=O) groups is 1. The van der Waals surface area contributed by atoms with Crippen LogP contribution in [0.2, 0.25) is 0 Å². The van der Waals surface area contributed by atoms with Gasteiger partial charge in [0, 0.05) is 12.5 Å². The summed E-state index contributed by atoms with van der Waals surface area (Å²) in [6.07, 6.45) is 1.52. The van der Waals surface area contributed by atoms with Crippen molar-refractivity contribution in [3.05, 3.63) is 29.8 Å². The van der Waals surface area contributed by atoms with Gasteiger partial charge in [-0.1, -0.05) is 12.1 Å². The van der Waals surface area contributed by atoms with Crippen molar-refractivity contribution in [1.82, 2.24) is 0 Å². The molecule has 1 fully saturated rings. The number of carbonyl (C=O) groups excluding carboxylic acids is 1. The van der Waals surface area contributed by atoms with Gasteiger partial charge in [-0.15, -0.1) is 0 Å². The fourth-order valence-corrected chi connectivity index (χ4v) is 2.14. The molecule has 1 aliphatic rings. The van der Waals surface area contributed by atoms with Crippen LogP contribution in [-0.4, -0.2) is 38.9 Å². The average Bonchev–Trinajstić information content (AvgIpc) is 2.99. The molecule has 0 aliphatic carbocycles. The molecule has 2 rings (SSSR count). The van der Waals surface area contributed by atoms with Crippen molar-refractivity contribution >= 4 is 5.97 Å². The molecule has 1 aliphatic heterocycles. The van der Waals surface area contributed by atoms with Crippen LogP contribution in [0.1, 0.15) is 12.0 Å². The zero-order valence-corrected chi connectivity index (χ0v) is 11.7. The first kappa shape index (κ1) is 14.8. The van der Waals surface area contributed by atoms with Gasteiger partial charge in [-0.05, 0) is 30.5 Å². The number of methoxy groups -OCH3 is 1. The molecule has 0 radical (unpaired) electrons. The summed E-state index contributed by atoms with van der Waals surface area (Å²) < 4.78 is 15.6. The van der Waals surface area contributed by atoms with E-state index in [0.717, 1.165) is 30.9 Å². The maximum Gasteiger partial charge on any atom is 0.322 e. The van der Waals surface area contributed by atoms with Crippen LogP contribution < -0.4 is 10.5 Å². The van der Waals surface area contributed by atoms with Gasteiger partial charge in [0.25, 0.3) is 0 Å². The highest BCUT2D eigenvalue weighted by molar-refractivity contribution is 5.75. The Bertz CT molecular complexity index is 426. The number of rotatable bonds is 6. The van der Waals surface area contributed by atoms with Gasteiger partial charge in [-0.3, -0.25) is 4.79 Å². The molecular weight excluding hydrogens is 258 g/mol. The SMILES string of the molecule is COC(=O)C(N)Cc1ccc(OCC2CCOC2)cc1. The lowest BCUT2D eigenvalue weighted by Gasteiger charge is -2.12. The monoisotopic (exact) mass is 279 g/mol. The first-order valence-corrected chi connectivity index (χ1v) is 6.82. The molecule has 1 aromatic rings. The zero-order valence-electron chi connectivity index (χ0n) is 11.7. The Kier molecular flexibility index (Phi) is 5.38. The molecule has 2 unspecified atom stereocenters. The molecular formula is C15H21NO4. The molecule has 0 saturated carbocycles. The van der Waals surface area contributed by atoms with Crippen LogP contribution in [0.3, 0.4) is 0 Å². The van der Waals surface area contributed by atoms with Crippen molar-refractivity contribution in [2.75, 3.05) is 26.9 Å². The number of hydrogen-bond donors (Lipinski definition) is 1. The van der Waals surface area contributed by atoms with Crippen molar-refractivity contribution < 1.29 is 19.0 Å². The highest BCUT2D eigenvalue weighted by atomic mass is 16.5. The summed E-state index contributed by atoms with van der Waals surface area (Å²) >= 11 is 0. The molecule has 0 amide bonds. The van der Waals surface area contributed by atoms with E-state index in [1.807, 2.05) is 24.3 Å². The largest absolute Gasteiger partial charge is 0.493 e. The zero-order chi connectivity index (χ0) is 14.4. The second-order valence-corrected chi connectivity index (χ2v) is 5.02. The quantitative estimate of drug-likeness (QED) is 0.791. The van der Waals surface area contributed by atoms with E-state index >= 15 is 0 Å². The lowest BCUT2D eigenvalue weighted by Crippen LogP contribution is -2.33. The lowest BCUT2D eigenvalue weighted by atomic mass is 10.1. The Morgan fingerprint density at radius 3 is 2.80 bits per heavy atom. The molecule has 110 valence electrons. The Labute approximate surface area is 119 Å². The summed E-state index contributed by atoms with van der Waals surface area (Å²) in [6, 6.07) is 7.01. The average molecular weight is 279 g/mol. The Morgan fingerprint density at radius 2 is 2.20 bits per heavy atom. The fraction of sp³-hybridized carbons (Fsp3) is 0.533. The Morgan fingerprint density at radius 1 is 1.45 bits per heavy atom. The summed E-state index contributed by atoms with van der Waals surface area (Å²) in [6.45, 7) is 2.30. The van der Waals surface area contributed by atoms with Crippen LogP contribution in [-0.2, 0) is 20.7 Å². The smallest absolute Gasteiger partial charge is 0.322 e. The summed E-state index contributed by atoms with van der Waals surface area (Å²) in [5.74, 6) is 0.918. The minimum Gasteiger partial charge on any atom is -0.493 e. The van der Waals surface area contributed by atoms with Crippen molar-refractivity contribution in [2.24, 2.45) is 11.7 Å². The predicted octanol–water partition coefficient (Wildman–Crippen LogP) is 1.14. The van der Waals surface area contributed by atoms with Gasteiger partial charge < -0.3 is 19.9 Å². The van der Waals surface area contributed by atoms with Gasteiger partial charge >= 0.3 is 5.97 Å². The number of nitrogens with two attached hydrogens (primary N) is 1. The lowest BCUT2D eigenvalue weighted by molar-refractivity contribution is -0.142. The Hall–Kier alpha value is -1.59. The molecule has 1 heterocycles. The highest BCUT2D eigenvalue weighted by Gasteiger charge is 2.16.